The molecule has 2 heterocycles. The van der Waals surface area contributed by atoms with Crippen LogP contribution in [0.15, 0.2) is 22.8 Å². The fourth-order valence-corrected chi connectivity index (χ4v) is 1.52. The van der Waals surface area contributed by atoms with Crippen molar-refractivity contribution in [2.24, 2.45) is 12.8 Å². The van der Waals surface area contributed by atoms with Crippen LogP contribution in [0.1, 0.15) is 21.8 Å². The van der Waals surface area contributed by atoms with Crippen molar-refractivity contribution in [3.05, 3.63) is 35.4 Å². The number of hydrogen-bond acceptors (Lipinski definition) is 4. The van der Waals surface area contributed by atoms with Crippen molar-refractivity contribution in [1.29, 1.82) is 0 Å². The van der Waals surface area contributed by atoms with E-state index < -0.39 is 0 Å². The normalized spacial score (nSPS) is 10.5. The summed E-state index contributed by atoms with van der Waals surface area (Å²) in [5, 5.41) is 6.88. The second-order valence-electron chi connectivity index (χ2n) is 3.75. The van der Waals surface area contributed by atoms with Crippen molar-refractivity contribution in [2.75, 3.05) is 5.32 Å². The van der Waals surface area contributed by atoms with Crippen molar-refractivity contribution in [3.63, 3.8) is 0 Å². The van der Waals surface area contributed by atoms with E-state index in [0.29, 0.717) is 17.1 Å². The molecule has 3 N–H and O–H groups in total. The number of aryl methyl sites for hydroxylation is 2. The maximum atomic E-state index is 11.9. The lowest BCUT2D eigenvalue weighted by Gasteiger charge is -2.02. The number of nitrogens with two attached hydrogens (primary N) is 1. The molecule has 0 saturated heterocycles. The number of carbonyl (C=O) groups is 1. The van der Waals surface area contributed by atoms with E-state index in [9.17, 15) is 4.79 Å². The molecule has 0 bridgehead atoms. The van der Waals surface area contributed by atoms with Gasteiger partial charge >= 0.3 is 0 Å². The molecule has 17 heavy (non-hydrogen) atoms. The molecule has 2 rings (SSSR count). The molecule has 0 aliphatic carbocycles. The van der Waals surface area contributed by atoms with E-state index in [-0.39, 0.29) is 12.5 Å². The predicted octanol–water partition coefficient (Wildman–Crippen LogP) is 1.03. The van der Waals surface area contributed by atoms with Gasteiger partial charge in [0.15, 0.2) is 0 Å². The molecule has 6 heteroatoms. The highest BCUT2D eigenvalue weighted by Gasteiger charge is 2.12. The molecule has 0 radical (unpaired) electrons. The van der Waals surface area contributed by atoms with Crippen LogP contribution in [0.25, 0.3) is 0 Å². The Balaban J connectivity index is 2.14. The fraction of sp³-hybridized carbons (Fsp3) is 0.273. The molecule has 0 saturated carbocycles. The summed E-state index contributed by atoms with van der Waals surface area (Å²) in [6.07, 6.45) is 1.39. The summed E-state index contributed by atoms with van der Waals surface area (Å²) in [7, 11) is 1.77. The lowest BCUT2D eigenvalue weighted by molar-refractivity contribution is 0.102. The molecule has 6 nitrogen and oxygen atoms in total. The number of hydrogen-bond donors (Lipinski definition) is 2. The summed E-state index contributed by atoms with van der Waals surface area (Å²) < 4.78 is 6.71. The molecule has 2 aromatic rings. The molecule has 1 amide bonds. The van der Waals surface area contributed by atoms with Gasteiger partial charge in [-0.3, -0.25) is 9.48 Å². The van der Waals surface area contributed by atoms with E-state index in [1.54, 1.807) is 23.9 Å². The summed E-state index contributed by atoms with van der Waals surface area (Å²) in [5.41, 5.74) is 6.70. The van der Waals surface area contributed by atoms with Gasteiger partial charge in [0.1, 0.15) is 17.8 Å². The highest BCUT2D eigenvalue weighted by molar-refractivity contribution is 6.03. The Morgan fingerprint density at radius 3 is 2.88 bits per heavy atom. The molecule has 0 aromatic carbocycles. The highest BCUT2D eigenvalue weighted by atomic mass is 16.3. The largest absolute Gasteiger partial charge is 0.467 e. The van der Waals surface area contributed by atoms with Crippen molar-refractivity contribution >= 4 is 11.7 Å². The Bertz CT molecular complexity index is 541. The number of aromatic nitrogens is 2. The molecule has 0 unspecified atom stereocenters. The smallest absolute Gasteiger partial charge is 0.260 e. The van der Waals surface area contributed by atoms with E-state index in [2.05, 4.69) is 10.4 Å². The fourth-order valence-electron chi connectivity index (χ4n) is 1.52. The quantitative estimate of drug-likeness (QED) is 0.830. The molecule has 0 aliphatic heterocycles. The van der Waals surface area contributed by atoms with Crippen LogP contribution in [0.2, 0.25) is 0 Å². The Morgan fingerprint density at radius 2 is 2.35 bits per heavy atom. The minimum absolute atomic E-state index is 0.239. The monoisotopic (exact) mass is 234 g/mol. The zero-order valence-corrected chi connectivity index (χ0v) is 9.73. The number of nitrogens with zero attached hydrogens (tertiary/aromatic N) is 2. The molecule has 0 aliphatic rings. The van der Waals surface area contributed by atoms with Crippen LogP contribution in [-0.2, 0) is 13.6 Å². The third kappa shape index (κ3) is 2.36. The lowest BCUT2D eigenvalue weighted by Crippen LogP contribution is -2.13. The number of nitrogens with one attached hydrogen (secondary N) is 1. The molecule has 2 aromatic heterocycles. The van der Waals surface area contributed by atoms with Gasteiger partial charge < -0.3 is 15.5 Å². The van der Waals surface area contributed by atoms with E-state index >= 15 is 0 Å². The summed E-state index contributed by atoms with van der Waals surface area (Å²) in [4.78, 5) is 11.9. The highest BCUT2D eigenvalue weighted by Crippen LogP contribution is 2.12. The second-order valence-corrected chi connectivity index (χ2v) is 3.75. The van der Waals surface area contributed by atoms with Gasteiger partial charge in [0.05, 0.1) is 17.8 Å². The van der Waals surface area contributed by atoms with Crippen molar-refractivity contribution in [3.8, 4) is 0 Å². The van der Waals surface area contributed by atoms with Crippen LogP contribution in [-0.4, -0.2) is 15.7 Å². The van der Waals surface area contributed by atoms with Gasteiger partial charge in [-0.2, -0.15) is 5.10 Å². The zero-order valence-electron chi connectivity index (χ0n) is 9.73. The number of anilines is 1. The minimum atomic E-state index is -0.239. The number of carbonyl (C=O) groups excluding carboxylic acids is 1. The van der Waals surface area contributed by atoms with Crippen molar-refractivity contribution in [2.45, 2.75) is 13.5 Å². The van der Waals surface area contributed by atoms with E-state index in [1.165, 1.54) is 6.26 Å². The maximum absolute atomic E-state index is 11.9. The van der Waals surface area contributed by atoms with Crippen LogP contribution >= 0.6 is 0 Å². The Morgan fingerprint density at radius 1 is 1.59 bits per heavy atom. The molecule has 90 valence electrons. The first kappa shape index (κ1) is 11.4. The summed E-state index contributed by atoms with van der Waals surface area (Å²) in [6.45, 7) is 2.14. The van der Waals surface area contributed by atoms with Crippen LogP contribution in [0.5, 0.6) is 0 Å². The second kappa shape index (κ2) is 4.42. The third-order valence-electron chi connectivity index (χ3n) is 2.36. The topological polar surface area (TPSA) is 86.1 Å². The first-order valence-electron chi connectivity index (χ1n) is 5.19. The molecule has 0 spiro atoms. The minimum Gasteiger partial charge on any atom is -0.467 e. The zero-order chi connectivity index (χ0) is 12.4. The average Bonchev–Trinajstić information content (AvgIpc) is 2.86. The van der Waals surface area contributed by atoms with E-state index in [1.807, 2.05) is 6.92 Å². The molecular weight excluding hydrogens is 220 g/mol. The summed E-state index contributed by atoms with van der Waals surface area (Å²) in [5.74, 6) is 0.982. The summed E-state index contributed by atoms with van der Waals surface area (Å²) in [6, 6.07) is 3.42. The molecular formula is C11H14N4O2. The van der Waals surface area contributed by atoms with Gasteiger partial charge in [-0.15, -0.1) is 0 Å². The van der Waals surface area contributed by atoms with Gasteiger partial charge in [-0.1, -0.05) is 0 Å². The first-order chi connectivity index (χ1) is 8.10. The van der Waals surface area contributed by atoms with Crippen LogP contribution in [0.3, 0.4) is 0 Å². The SMILES string of the molecule is Cc1cc(NC(=O)c2coc(CN)c2)n(C)n1. The predicted molar refractivity (Wildman–Crippen MR) is 62.5 cm³/mol. The van der Waals surface area contributed by atoms with Crippen molar-refractivity contribution in [1.82, 2.24) is 9.78 Å². The Hall–Kier alpha value is -2.08. The first-order valence-corrected chi connectivity index (χ1v) is 5.19. The van der Waals surface area contributed by atoms with Gasteiger partial charge in [0.25, 0.3) is 5.91 Å². The number of rotatable bonds is 3. The van der Waals surface area contributed by atoms with Crippen LogP contribution in [0, 0.1) is 6.92 Å². The van der Waals surface area contributed by atoms with Gasteiger partial charge in [0.2, 0.25) is 0 Å². The van der Waals surface area contributed by atoms with Gasteiger partial charge in [-0.25, -0.2) is 0 Å². The average molecular weight is 234 g/mol. The Labute approximate surface area is 98.4 Å². The lowest BCUT2D eigenvalue weighted by atomic mass is 10.3. The number of furan rings is 1. The third-order valence-corrected chi connectivity index (χ3v) is 2.36. The molecule has 0 fully saturated rings. The maximum Gasteiger partial charge on any atom is 0.260 e. The van der Waals surface area contributed by atoms with Crippen LogP contribution < -0.4 is 11.1 Å². The van der Waals surface area contributed by atoms with Gasteiger partial charge in [-0.05, 0) is 13.0 Å². The van der Waals surface area contributed by atoms with E-state index in [4.69, 9.17) is 10.2 Å². The van der Waals surface area contributed by atoms with Gasteiger partial charge in [0, 0.05) is 13.1 Å². The van der Waals surface area contributed by atoms with Crippen molar-refractivity contribution < 1.29 is 9.21 Å². The number of amides is 1. The van der Waals surface area contributed by atoms with Crippen LogP contribution in [0.4, 0.5) is 5.82 Å². The standard InChI is InChI=1S/C11H14N4O2/c1-7-3-10(15(2)14-7)13-11(16)8-4-9(5-12)17-6-8/h3-4,6H,5,12H2,1-2H3,(H,13,16). The summed E-state index contributed by atoms with van der Waals surface area (Å²) >= 11 is 0. The van der Waals surface area contributed by atoms with E-state index in [0.717, 1.165) is 5.69 Å². The molecule has 0 atom stereocenters. The Kier molecular flexibility index (Phi) is 2.97.